The van der Waals surface area contributed by atoms with Gasteiger partial charge in [-0.15, -0.1) is 0 Å². The Bertz CT molecular complexity index is 416. The summed E-state index contributed by atoms with van der Waals surface area (Å²) < 4.78 is 0. The molecule has 0 unspecified atom stereocenters. The van der Waals surface area contributed by atoms with Gasteiger partial charge < -0.3 is 4.90 Å². The molecular formula is C15H24ClN3. The van der Waals surface area contributed by atoms with Crippen LogP contribution in [0.3, 0.4) is 0 Å². The molecular weight excluding hydrogens is 258 g/mol. The van der Waals surface area contributed by atoms with Gasteiger partial charge in [0.2, 0.25) is 0 Å². The van der Waals surface area contributed by atoms with Crippen molar-refractivity contribution >= 4 is 17.4 Å². The molecule has 1 fully saturated rings. The predicted molar refractivity (Wildman–Crippen MR) is 80.9 cm³/mol. The maximum Gasteiger partial charge on any atom is 0.134 e. The molecule has 0 radical (unpaired) electrons. The van der Waals surface area contributed by atoms with E-state index in [0.29, 0.717) is 17.1 Å². The monoisotopic (exact) mass is 281 g/mol. The van der Waals surface area contributed by atoms with E-state index >= 15 is 0 Å². The van der Waals surface area contributed by atoms with E-state index in [2.05, 4.69) is 30.7 Å². The Morgan fingerprint density at radius 2 is 2.11 bits per heavy atom. The standard InChI is InChI=1S/C15H24ClN3/c1-4-5-14-17-13(16)10-15(18-14)19(12-6-7-12)9-8-11(2)3/h10-12H,4-9H2,1-3H3. The zero-order valence-corrected chi connectivity index (χ0v) is 13.0. The fourth-order valence-corrected chi connectivity index (χ4v) is 2.40. The zero-order chi connectivity index (χ0) is 13.8. The average Bonchev–Trinajstić information content (AvgIpc) is 3.13. The highest BCUT2D eigenvalue weighted by Crippen LogP contribution is 2.32. The van der Waals surface area contributed by atoms with Crippen molar-refractivity contribution in [2.75, 3.05) is 11.4 Å². The molecule has 0 atom stereocenters. The minimum Gasteiger partial charge on any atom is -0.353 e. The van der Waals surface area contributed by atoms with Gasteiger partial charge in [-0.2, -0.15) is 0 Å². The van der Waals surface area contributed by atoms with E-state index in [1.165, 1.54) is 19.3 Å². The van der Waals surface area contributed by atoms with Crippen molar-refractivity contribution in [3.8, 4) is 0 Å². The summed E-state index contributed by atoms with van der Waals surface area (Å²) in [5.41, 5.74) is 0. The van der Waals surface area contributed by atoms with Crippen LogP contribution in [0.1, 0.15) is 52.3 Å². The van der Waals surface area contributed by atoms with Crippen LogP contribution < -0.4 is 4.90 Å². The van der Waals surface area contributed by atoms with Crippen molar-refractivity contribution in [1.29, 1.82) is 0 Å². The molecule has 19 heavy (non-hydrogen) atoms. The first-order valence-electron chi connectivity index (χ1n) is 7.40. The van der Waals surface area contributed by atoms with Crippen LogP contribution in [-0.4, -0.2) is 22.6 Å². The maximum atomic E-state index is 6.14. The van der Waals surface area contributed by atoms with Crippen molar-refractivity contribution in [3.63, 3.8) is 0 Å². The van der Waals surface area contributed by atoms with Gasteiger partial charge in [0.1, 0.15) is 16.8 Å². The third kappa shape index (κ3) is 4.34. The highest BCUT2D eigenvalue weighted by molar-refractivity contribution is 6.29. The van der Waals surface area contributed by atoms with E-state index in [0.717, 1.165) is 31.0 Å². The van der Waals surface area contributed by atoms with Gasteiger partial charge in [-0.25, -0.2) is 9.97 Å². The topological polar surface area (TPSA) is 29.0 Å². The van der Waals surface area contributed by atoms with Gasteiger partial charge in [0.15, 0.2) is 0 Å². The van der Waals surface area contributed by atoms with Gasteiger partial charge in [0.05, 0.1) is 0 Å². The summed E-state index contributed by atoms with van der Waals surface area (Å²) in [6.07, 6.45) is 5.71. The summed E-state index contributed by atoms with van der Waals surface area (Å²) in [7, 11) is 0. The van der Waals surface area contributed by atoms with Gasteiger partial charge in [-0.3, -0.25) is 0 Å². The first-order chi connectivity index (χ1) is 9.10. The Balaban J connectivity index is 2.15. The molecule has 0 saturated heterocycles. The molecule has 0 amide bonds. The van der Waals surface area contributed by atoms with Gasteiger partial charge >= 0.3 is 0 Å². The molecule has 0 N–H and O–H groups in total. The van der Waals surface area contributed by atoms with E-state index < -0.39 is 0 Å². The highest BCUT2D eigenvalue weighted by Gasteiger charge is 2.30. The molecule has 1 heterocycles. The van der Waals surface area contributed by atoms with Gasteiger partial charge in [-0.05, 0) is 31.6 Å². The van der Waals surface area contributed by atoms with E-state index in [1.54, 1.807) is 0 Å². The summed E-state index contributed by atoms with van der Waals surface area (Å²) in [5.74, 6) is 2.61. The van der Waals surface area contributed by atoms with Gasteiger partial charge in [-0.1, -0.05) is 32.4 Å². The number of hydrogen-bond acceptors (Lipinski definition) is 3. The highest BCUT2D eigenvalue weighted by atomic mass is 35.5. The number of hydrogen-bond donors (Lipinski definition) is 0. The third-order valence-corrected chi connectivity index (χ3v) is 3.62. The fourth-order valence-electron chi connectivity index (χ4n) is 2.20. The SMILES string of the molecule is CCCc1nc(Cl)cc(N(CCC(C)C)C2CC2)n1. The second-order valence-electron chi connectivity index (χ2n) is 5.82. The molecule has 4 heteroatoms. The van der Waals surface area contributed by atoms with Crippen LogP contribution in [0, 0.1) is 5.92 Å². The lowest BCUT2D eigenvalue weighted by atomic mass is 10.1. The number of aromatic nitrogens is 2. The predicted octanol–water partition coefficient (Wildman–Crippen LogP) is 4.10. The van der Waals surface area contributed by atoms with Crippen molar-refractivity contribution in [3.05, 3.63) is 17.0 Å². The first kappa shape index (κ1) is 14.6. The number of halogens is 1. The van der Waals surface area contributed by atoms with E-state index in [1.807, 2.05) is 6.07 Å². The molecule has 0 spiro atoms. The molecule has 0 aliphatic heterocycles. The van der Waals surface area contributed by atoms with Crippen molar-refractivity contribution in [2.24, 2.45) is 5.92 Å². The lowest BCUT2D eigenvalue weighted by molar-refractivity contribution is 0.567. The molecule has 1 aromatic rings. The molecule has 3 nitrogen and oxygen atoms in total. The molecule has 1 aliphatic rings. The minimum absolute atomic E-state index is 0.573. The lowest BCUT2D eigenvalue weighted by Gasteiger charge is -2.25. The third-order valence-electron chi connectivity index (χ3n) is 3.43. The Hall–Kier alpha value is -0.830. The second kappa shape index (κ2) is 6.56. The number of rotatable bonds is 7. The summed E-state index contributed by atoms with van der Waals surface area (Å²) in [5, 5.41) is 0.573. The van der Waals surface area contributed by atoms with Crippen LogP contribution in [0.2, 0.25) is 5.15 Å². The zero-order valence-electron chi connectivity index (χ0n) is 12.2. The van der Waals surface area contributed by atoms with Crippen LogP contribution in [0.4, 0.5) is 5.82 Å². The Morgan fingerprint density at radius 1 is 1.37 bits per heavy atom. The van der Waals surface area contributed by atoms with Crippen LogP contribution in [0.5, 0.6) is 0 Å². The molecule has 0 bridgehead atoms. The van der Waals surface area contributed by atoms with E-state index in [4.69, 9.17) is 16.6 Å². The van der Waals surface area contributed by atoms with Crippen molar-refractivity contribution in [2.45, 2.75) is 58.9 Å². The molecule has 1 aliphatic carbocycles. The molecule has 106 valence electrons. The van der Waals surface area contributed by atoms with E-state index in [-0.39, 0.29) is 0 Å². The Labute approximate surface area is 121 Å². The van der Waals surface area contributed by atoms with Crippen LogP contribution in [-0.2, 0) is 6.42 Å². The number of anilines is 1. The second-order valence-corrected chi connectivity index (χ2v) is 6.21. The lowest BCUT2D eigenvalue weighted by Crippen LogP contribution is -2.29. The fraction of sp³-hybridized carbons (Fsp3) is 0.733. The number of aryl methyl sites for hydroxylation is 1. The molecule has 2 rings (SSSR count). The summed E-state index contributed by atoms with van der Waals surface area (Å²) >= 11 is 6.14. The Morgan fingerprint density at radius 3 is 2.68 bits per heavy atom. The minimum atomic E-state index is 0.573. The summed E-state index contributed by atoms with van der Waals surface area (Å²) in [6.45, 7) is 7.74. The largest absolute Gasteiger partial charge is 0.353 e. The van der Waals surface area contributed by atoms with Crippen molar-refractivity contribution in [1.82, 2.24) is 9.97 Å². The smallest absolute Gasteiger partial charge is 0.134 e. The maximum absolute atomic E-state index is 6.14. The average molecular weight is 282 g/mol. The molecule has 0 aromatic carbocycles. The Kier molecular flexibility index (Phi) is 5.03. The van der Waals surface area contributed by atoms with E-state index in [9.17, 15) is 0 Å². The van der Waals surface area contributed by atoms with Crippen molar-refractivity contribution < 1.29 is 0 Å². The van der Waals surface area contributed by atoms with Gasteiger partial charge in [0.25, 0.3) is 0 Å². The summed E-state index contributed by atoms with van der Waals surface area (Å²) in [4.78, 5) is 11.4. The first-order valence-corrected chi connectivity index (χ1v) is 7.78. The normalized spacial score (nSPS) is 15.0. The number of nitrogens with zero attached hydrogens (tertiary/aromatic N) is 3. The van der Waals surface area contributed by atoms with Crippen LogP contribution in [0.15, 0.2) is 6.07 Å². The van der Waals surface area contributed by atoms with Crippen LogP contribution in [0.25, 0.3) is 0 Å². The molecule has 1 saturated carbocycles. The molecule has 1 aromatic heterocycles. The van der Waals surface area contributed by atoms with Crippen LogP contribution >= 0.6 is 11.6 Å². The van der Waals surface area contributed by atoms with Gasteiger partial charge in [0, 0.05) is 25.1 Å². The summed E-state index contributed by atoms with van der Waals surface area (Å²) in [6, 6.07) is 2.58. The quantitative estimate of drug-likeness (QED) is 0.705.